The van der Waals surface area contributed by atoms with Crippen LogP contribution in [0.25, 0.3) is 0 Å². The van der Waals surface area contributed by atoms with E-state index in [1.54, 1.807) is 0 Å². The zero-order valence-corrected chi connectivity index (χ0v) is 7.76. The molecule has 0 fully saturated rings. The van der Waals surface area contributed by atoms with Crippen LogP contribution in [0, 0.1) is 0 Å². The van der Waals surface area contributed by atoms with Crippen molar-refractivity contribution in [2.75, 3.05) is 0 Å². The van der Waals surface area contributed by atoms with Crippen LogP contribution in [-0.2, 0) is 11.2 Å². The quantitative estimate of drug-likeness (QED) is 0.627. The number of hydrogen-bond acceptors (Lipinski definition) is 3. The number of benzene rings is 1. The zero-order chi connectivity index (χ0) is 10.6. The second-order valence-electron chi connectivity index (χ2n) is 3.22. The van der Waals surface area contributed by atoms with Gasteiger partial charge in [-0.05, 0) is 12.0 Å². The molecule has 76 valence electrons. The van der Waals surface area contributed by atoms with Gasteiger partial charge in [-0.25, -0.2) is 0 Å². The van der Waals surface area contributed by atoms with E-state index in [1.165, 1.54) is 0 Å². The molecule has 4 heteroatoms. The molecular weight excluding hydrogens is 180 g/mol. The number of rotatable bonds is 4. The largest absolute Gasteiger partial charge is 0.480 e. The van der Waals surface area contributed by atoms with Crippen molar-refractivity contribution in [3.63, 3.8) is 0 Å². The molecular formula is C10H14N2O2. The lowest BCUT2D eigenvalue weighted by Gasteiger charge is -2.15. The fourth-order valence-electron chi connectivity index (χ4n) is 1.20. The van der Waals surface area contributed by atoms with E-state index in [0.717, 1.165) is 5.56 Å². The number of carboxylic acid groups (broad SMARTS) is 1. The number of aliphatic carboxylic acids is 1. The summed E-state index contributed by atoms with van der Waals surface area (Å²) in [4.78, 5) is 10.5. The Bertz CT molecular complexity index is 300. The van der Waals surface area contributed by atoms with Gasteiger partial charge in [0.25, 0.3) is 0 Å². The summed E-state index contributed by atoms with van der Waals surface area (Å²) in [5.74, 6) is -1.06. The van der Waals surface area contributed by atoms with Crippen molar-refractivity contribution >= 4 is 5.97 Å². The molecule has 1 aromatic rings. The van der Waals surface area contributed by atoms with Gasteiger partial charge in [0, 0.05) is 6.04 Å². The fourth-order valence-corrected chi connectivity index (χ4v) is 1.20. The lowest BCUT2D eigenvalue weighted by molar-refractivity contribution is -0.139. The van der Waals surface area contributed by atoms with Crippen molar-refractivity contribution in [2.45, 2.75) is 18.5 Å². The van der Waals surface area contributed by atoms with Crippen LogP contribution in [0.3, 0.4) is 0 Å². The molecule has 4 nitrogen and oxygen atoms in total. The molecule has 2 unspecified atom stereocenters. The van der Waals surface area contributed by atoms with Crippen molar-refractivity contribution in [1.82, 2.24) is 0 Å². The normalized spacial score (nSPS) is 14.7. The molecule has 1 rings (SSSR count). The van der Waals surface area contributed by atoms with E-state index in [1.807, 2.05) is 30.3 Å². The van der Waals surface area contributed by atoms with E-state index >= 15 is 0 Å². The summed E-state index contributed by atoms with van der Waals surface area (Å²) in [6, 6.07) is 7.91. The van der Waals surface area contributed by atoms with Gasteiger partial charge in [0.05, 0.1) is 0 Å². The second-order valence-corrected chi connectivity index (χ2v) is 3.22. The summed E-state index contributed by atoms with van der Waals surface area (Å²) in [7, 11) is 0. The van der Waals surface area contributed by atoms with Gasteiger partial charge in [-0.2, -0.15) is 0 Å². The first kappa shape index (κ1) is 10.7. The number of hydrogen-bond donors (Lipinski definition) is 3. The van der Waals surface area contributed by atoms with Crippen LogP contribution in [0.2, 0.25) is 0 Å². The van der Waals surface area contributed by atoms with Crippen LogP contribution in [0.5, 0.6) is 0 Å². The molecule has 0 radical (unpaired) electrons. The molecule has 0 heterocycles. The Hall–Kier alpha value is -1.39. The molecule has 0 spiro atoms. The third kappa shape index (κ3) is 2.83. The summed E-state index contributed by atoms with van der Waals surface area (Å²) >= 11 is 0. The molecule has 14 heavy (non-hydrogen) atoms. The van der Waals surface area contributed by atoms with Gasteiger partial charge >= 0.3 is 5.97 Å². The Balaban J connectivity index is 2.57. The highest BCUT2D eigenvalue weighted by Gasteiger charge is 2.20. The molecule has 0 aromatic heterocycles. The SMILES string of the molecule is NC(Cc1ccccc1)C(N)C(=O)O. The van der Waals surface area contributed by atoms with Gasteiger partial charge in [0.1, 0.15) is 6.04 Å². The van der Waals surface area contributed by atoms with Crippen LogP contribution in [-0.4, -0.2) is 23.2 Å². The predicted octanol–water partition coefficient (Wildman–Crippen LogP) is -0.0317. The van der Waals surface area contributed by atoms with E-state index in [9.17, 15) is 4.79 Å². The minimum absolute atomic E-state index is 0.480. The molecule has 0 bridgehead atoms. The molecule has 0 saturated carbocycles. The first-order chi connectivity index (χ1) is 6.61. The molecule has 0 aliphatic carbocycles. The lowest BCUT2D eigenvalue weighted by Crippen LogP contribution is -2.48. The molecule has 0 aliphatic rings. The monoisotopic (exact) mass is 194 g/mol. The van der Waals surface area contributed by atoms with Gasteiger partial charge in [0.2, 0.25) is 0 Å². The predicted molar refractivity (Wildman–Crippen MR) is 53.7 cm³/mol. The van der Waals surface area contributed by atoms with E-state index < -0.39 is 18.1 Å². The van der Waals surface area contributed by atoms with Crippen molar-refractivity contribution in [3.05, 3.63) is 35.9 Å². The van der Waals surface area contributed by atoms with Gasteiger partial charge in [0.15, 0.2) is 0 Å². The van der Waals surface area contributed by atoms with Crippen LogP contribution in [0.4, 0.5) is 0 Å². The first-order valence-electron chi connectivity index (χ1n) is 4.39. The van der Waals surface area contributed by atoms with E-state index in [2.05, 4.69) is 0 Å². The average molecular weight is 194 g/mol. The Morgan fingerprint density at radius 1 is 1.29 bits per heavy atom. The summed E-state index contributed by atoms with van der Waals surface area (Å²) in [5.41, 5.74) is 12.0. The summed E-state index contributed by atoms with van der Waals surface area (Å²) < 4.78 is 0. The number of nitrogens with two attached hydrogens (primary N) is 2. The summed E-state index contributed by atoms with van der Waals surface area (Å²) in [6.45, 7) is 0. The minimum Gasteiger partial charge on any atom is -0.480 e. The standard InChI is InChI=1S/C10H14N2O2/c11-8(9(12)10(13)14)6-7-4-2-1-3-5-7/h1-5,8-9H,6,11-12H2,(H,13,14). The second kappa shape index (κ2) is 4.74. The third-order valence-corrected chi connectivity index (χ3v) is 2.06. The van der Waals surface area contributed by atoms with Gasteiger partial charge in [-0.15, -0.1) is 0 Å². The highest BCUT2D eigenvalue weighted by atomic mass is 16.4. The zero-order valence-electron chi connectivity index (χ0n) is 7.76. The van der Waals surface area contributed by atoms with E-state index in [0.29, 0.717) is 6.42 Å². The molecule has 0 saturated heterocycles. The molecule has 1 aromatic carbocycles. The van der Waals surface area contributed by atoms with Gasteiger partial charge in [-0.1, -0.05) is 30.3 Å². The van der Waals surface area contributed by atoms with E-state index in [4.69, 9.17) is 16.6 Å². The lowest BCUT2D eigenvalue weighted by atomic mass is 10.0. The molecule has 5 N–H and O–H groups in total. The van der Waals surface area contributed by atoms with E-state index in [-0.39, 0.29) is 0 Å². The minimum atomic E-state index is -1.06. The highest BCUT2D eigenvalue weighted by molar-refractivity contribution is 5.74. The summed E-state index contributed by atoms with van der Waals surface area (Å²) in [5, 5.41) is 8.63. The number of carboxylic acids is 1. The Labute approximate surface area is 82.5 Å². The van der Waals surface area contributed by atoms with Crippen molar-refractivity contribution < 1.29 is 9.90 Å². The third-order valence-electron chi connectivity index (χ3n) is 2.06. The highest BCUT2D eigenvalue weighted by Crippen LogP contribution is 2.03. The fraction of sp³-hybridized carbons (Fsp3) is 0.300. The van der Waals surface area contributed by atoms with Crippen molar-refractivity contribution in [3.8, 4) is 0 Å². The summed E-state index contributed by atoms with van der Waals surface area (Å²) in [6.07, 6.45) is 0.480. The van der Waals surface area contributed by atoms with Crippen LogP contribution in [0.15, 0.2) is 30.3 Å². The number of carbonyl (C=O) groups is 1. The molecule has 2 atom stereocenters. The van der Waals surface area contributed by atoms with Crippen LogP contribution >= 0.6 is 0 Å². The average Bonchev–Trinajstić information content (AvgIpc) is 2.18. The van der Waals surface area contributed by atoms with Crippen molar-refractivity contribution in [1.29, 1.82) is 0 Å². The maximum Gasteiger partial charge on any atom is 0.322 e. The Kier molecular flexibility index (Phi) is 3.62. The Morgan fingerprint density at radius 2 is 1.86 bits per heavy atom. The van der Waals surface area contributed by atoms with Crippen LogP contribution in [0.1, 0.15) is 5.56 Å². The molecule has 0 aliphatic heterocycles. The molecule has 0 amide bonds. The van der Waals surface area contributed by atoms with Gasteiger partial charge < -0.3 is 16.6 Å². The Morgan fingerprint density at radius 3 is 2.36 bits per heavy atom. The maximum atomic E-state index is 10.5. The maximum absolute atomic E-state index is 10.5. The first-order valence-corrected chi connectivity index (χ1v) is 4.39. The van der Waals surface area contributed by atoms with Crippen LogP contribution < -0.4 is 11.5 Å². The topological polar surface area (TPSA) is 89.3 Å². The smallest absolute Gasteiger partial charge is 0.322 e. The van der Waals surface area contributed by atoms with Gasteiger partial charge in [-0.3, -0.25) is 4.79 Å². The van der Waals surface area contributed by atoms with Crippen molar-refractivity contribution in [2.24, 2.45) is 11.5 Å².